The Labute approximate surface area is 122 Å². The molecule has 0 bridgehead atoms. The van der Waals surface area contributed by atoms with Gasteiger partial charge in [0.05, 0.1) is 17.3 Å². The summed E-state index contributed by atoms with van der Waals surface area (Å²) in [5, 5.41) is 8.76. The summed E-state index contributed by atoms with van der Waals surface area (Å²) in [4.78, 5) is 25.3. The van der Waals surface area contributed by atoms with Gasteiger partial charge in [0.1, 0.15) is 0 Å². The maximum Gasteiger partial charge on any atom is 0.319 e. The molecule has 2 rings (SSSR count). The third kappa shape index (κ3) is 4.11. The molecule has 6 nitrogen and oxygen atoms in total. The van der Waals surface area contributed by atoms with Gasteiger partial charge in [0.2, 0.25) is 5.91 Å². The zero-order valence-corrected chi connectivity index (χ0v) is 11.7. The Balaban J connectivity index is 1.77. The molecule has 20 heavy (non-hydrogen) atoms. The summed E-state index contributed by atoms with van der Waals surface area (Å²) in [6.45, 7) is 2.91. The Kier molecular flexibility index (Phi) is 5.20. The maximum atomic E-state index is 11.9. The van der Waals surface area contributed by atoms with Crippen molar-refractivity contribution in [2.75, 3.05) is 38.0 Å². The van der Waals surface area contributed by atoms with E-state index in [1.54, 1.807) is 29.2 Å². The molecule has 108 valence electrons. The van der Waals surface area contributed by atoms with Crippen molar-refractivity contribution in [1.82, 2.24) is 15.5 Å². The van der Waals surface area contributed by atoms with Gasteiger partial charge in [0, 0.05) is 26.2 Å². The summed E-state index contributed by atoms with van der Waals surface area (Å²) >= 11 is 5.93. The van der Waals surface area contributed by atoms with E-state index in [0.29, 0.717) is 23.8 Å². The predicted molar refractivity (Wildman–Crippen MR) is 77.9 cm³/mol. The molecular formula is C13H17ClN4O2. The lowest BCUT2D eigenvalue weighted by atomic mass is 10.3. The molecule has 1 saturated heterocycles. The van der Waals surface area contributed by atoms with Crippen molar-refractivity contribution < 1.29 is 9.59 Å². The van der Waals surface area contributed by atoms with Gasteiger partial charge < -0.3 is 20.9 Å². The van der Waals surface area contributed by atoms with E-state index in [9.17, 15) is 9.59 Å². The van der Waals surface area contributed by atoms with Crippen LogP contribution in [0, 0.1) is 0 Å². The van der Waals surface area contributed by atoms with E-state index in [4.69, 9.17) is 11.6 Å². The van der Waals surface area contributed by atoms with Crippen molar-refractivity contribution in [3.05, 3.63) is 29.3 Å². The number of para-hydroxylation sites is 1. The van der Waals surface area contributed by atoms with Crippen molar-refractivity contribution in [1.29, 1.82) is 0 Å². The van der Waals surface area contributed by atoms with Crippen LogP contribution < -0.4 is 16.0 Å². The third-order valence-electron chi connectivity index (χ3n) is 2.99. The standard InChI is InChI=1S/C13H17ClN4O2/c14-10-3-1-2-4-11(10)17-13(20)16-9-12(19)18-7-5-15-6-8-18/h1-4,15H,5-9H2,(H2,16,17,20). The zero-order valence-electron chi connectivity index (χ0n) is 11.0. The molecule has 0 radical (unpaired) electrons. The minimum absolute atomic E-state index is 0.0176. The second kappa shape index (κ2) is 7.12. The molecule has 7 heteroatoms. The number of amides is 3. The lowest BCUT2D eigenvalue weighted by Gasteiger charge is -2.27. The first-order valence-electron chi connectivity index (χ1n) is 6.44. The first-order valence-corrected chi connectivity index (χ1v) is 6.82. The Morgan fingerprint density at radius 3 is 2.65 bits per heavy atom. The number of benzene rings is 1. The first-order chi connectivity index (χ1) is 9.66. The highest BCUT2D eigenvalue weighted by molar-refractivity contribution is 6.33. The molecule has 0 aromatic heterocycles. The number of halogens is 1. The Morgan fingerprint density at radius 1 is 1.25 bits per heavy atom. The molecule has 1 heterocycles. The molecule has 0 saturated carbocycles. The number of piperazine rings is 1. The van der Waals surface area contributed by atoms with Crippen molar-refractivity contribution in [3.8, 4) is 0 Å². The number of nitrogens with zero attached hydrogens (tertiary/aromatic N) is 1. The number of urea groups is 1. The van der Waals surface area contributed by atoms with Gasteiger partial charge in [-0.15, -0.1) is 0 Å². The summed E-state index contributed by atoms with van der Waals surface area (Å²) < 4.78 is 0. The van der Waals surface area contributed by atoms with Gasteiger partial charge in [-0.3, -0.25) is 4.79 Å². The van der Waals surface area contributed by atoms with E-state index >= 15 is 0 Å². The second-order valence-electron chi connectivity index (χ2n) is 4.42. The fourth-order valence-electron chi connectivity index (χ4n) is 1.91. The van der Waals surface area contributed by atoms with Gasteiger partial charge in [0.15, 0.2) is 0 Å². The van der Waals surface area contributed by atoms with Crippen LogP contribution in [-0.2, 0) is 4.79 Å². The van der Waals surface area contributed by atoms with Crippen LogP contribution in [0.15, 0.2) is 24.3 Å². The molecule has 3 amide bonds. The van der Waals surface area contributed by atoms with Crippen LogP contribution in [0.4, 0.5) is 10.5 Å². The smallest absolute Gasteiger partial charge is 0.319 e. The van der Waals surface area contributed by atoms with E-state index in [1.807, 2.05) is 0 Å². The second-order valence-corrected chi connectivity index (χ2v) is 4.83. The van der Waals surface area contributed by atoms with E-state index in [2.05, 4.69) is 16.0 Å². The van der Waals surface area contributed by atoms with Crippen LogP contribution in [0.1, 0.15) is 0 Å². The van der Waals surface area contributed by atoms with Gasteiger partial charge in [0.25, 0.3) is 0 Å². The average Bonchev–Trinajstić information content (AvgIpc) is 2.48. The Hall–Kier alpha value is -1.79. The van der Waals surface area contributed by atoms with Crippen molar-refractivity contribution in [2.45, 2.75) is 0 Å². The minimum Gasteiger partial charge on any atom is -0.339 e. The molecule has 0 atom stereocenters. The van der Waals surface area contributed by atoms with Crippen molar-refractivity contribution in [3.63, 3.8) is 0 Å². The van der Waals surface area contributed by atoms with Crippen LogP contribution >= 0.6 is 11.6 Å². The number of rotatable bonds is 3. The highest BCUT2D eigenvalue weighted by Crippen LogP contribution is 2.19. The van der Waals surface area contributed by atoms with Gasteiger partial charge in [-0.25, -0.2) is 4.79 Å². The quantitative estimate of drug-likeness (QED) is 0.776. The molecule has 0 spiro atoms. The summed E-state index contributed by atoms with van der Waals surface area (Å²) in [7, 11) is 0. The summed E-state index contributed by atoms with van der Waals surface area (Å²) in [5.74, 6) is -0.0826. The molecule has 0 unspecified atom stereocenters. The van der Waals surface area contributed by atoms with Gasteiger partial charge in [-0.1, -0.05) is 23.7 Å². The van der Waals surface area contributed by atoms with Crippen LogP contribution in [0.25, 0.3) is 0 Å². The monoisotopic (exact) mass is 296 g/mol. The number of carbonyl (C=O) groups excluding carboxylic acids is 2. The number of carbonyl (C=O) groups is 2. The largest absolute Gasteiger partial charge is 0.339 e. The minimum atomic E-state index is -0.443. The molecule has 1 aromatic rings. The average molecular weight is 297 g/mol. The SMILES string of the molecule is O=C(NCC(=O)N1CCNCC1)Nc1ccccc1Cl. The van der Waals surface area contributed by atoms with E-state index < -0.39 is 6.03 Å². The van der Waals surface area contributed by atoms with Crippen LogP contribution in [-0.4, -0.2) is 49.6 Å². The van der Waals surface area contributed by atoms with Crippen LogP contribution in [0.5, 0.6) is 0 Å². The lowest BCUT2D eigenvalue weighted by molar-refractivity contribution is -0.130. The Morgan fingerprint density at radius 2 is 1.95 bits per heavy atom. The van der Waals surface area contributed by atoms with Gasteiger partial charge in [-0.05, 0) is 12.1 Å². The zero-order chi connectivity index (χ0) is 14.4. The number of nitrogens with one attached hydrogen (secondary N) is 3. The Bertz CT molecular complexity index is 489. The van der Waals surface area contributed by atoms with Gasteiger partial charge in [-0.2, -0.15) is 0 Å². The summed E-state index contributed by atoms with van der Waals surface area (Å²) in [5.41, 5.74) is 0.515. The van der Waals surface area contributed by atoms with Gasteiger partial charge >= 0.3 is 6.03 Å². The molecule has 1 aliphatic rings. The number of anilines is 1. The van der Waals surface area contributed by atoms with E-state index in [1.165, 1.54) is 0 Å². The van der Waals surface area contributed by atoms with E-state index in [-0.39, 0.29) is 12.5 Å². The molecule has 0 aliphatic carbocycles. The topological polar surface area (TPSA) is 73.5 Å². The molecule has 3 N–H and O–H groups in total. The highest BCUT2D eigenvalue weighted by atomic mass is 35.5. The summed E-state index contributed by atoms with van der Waals surface area (Å²) in [6.07, 6.45) is 0. The number of hydrogen-bond acceptors (Lipinski definition) is 3. The maximum absolute atomic E-state index is 11.9. The lowest BCUT2D eigenvalue weighted by Crippen LogP contribution is -2.49. The third-order valence-corrected chi connectivity index (χ3v) is 3.32. The molecule has 1 aromatic carbocycles. The van der Waals surface area contributed by atoms with Crippen molar-refractivity contribution >= 4 is 29.2 Å². The molecular weight excluding hydrogens is 280 g/mol. The van der Waals surface area contributed by atoms with Crippen LogP contribution in [0.3, 0.4) is 0 Å². The fourth-order valence-corrected chi connectivity index (χ4v) is 2.09. The van der Waals surface area contributed by atoms with Crippen LogP contribution in [0.2, 0.25) is 5.02 Å². The first kappa shape index (κ1) is 14.6. The van der Waals surface area contributed by atoms with E-state index in [0.717, 1.165) is 13.1 Å². The normalized spacial score (nSPS) is 14.8. The van der Waals surface area contributed by atoms with Crippen molar-refractivity contribution in [2.24, 2.45) is 0 Å². The highest BCUT2D eigenvalue weighted by Gasteiger charge is 2.16. The predicted octanol–water partition coefficient (Wildman–Crippen LogP) is 0.893. The molecule has 1 fully saturated rings. The number of hydrogen-bond donors (Lipinski definition) is 3. The summed E-state index contributed by atoms with van der Waals surface area (Å²) in [6, 6.07) is 6.48. The fraction of sp³-hybridized carbons (Fsp3) is 0.385. The molecule has 1 aliphatic heterocycles.